The minimum absolute atomic E-state index is 0.0121. The smallest absolute Gasteiger partial charge is 0.226 e. The summed E-state index contributed by atoms with van der Waals surface area (Å²) in [7, 11) is 0. The van der Waals surface area contributed by atoms with Gasteiger partial charge in [0, 0.05) is 29.2 Å². The second kappa shape index (κ2) is 7.38. The number of nitrogens with one attached hydrogen (secondary N) is 1. The second-order valence-corrected chi connectivity index (χ2v) is 7.78. The molecule has 5 nitrogen and oxygen atoms in total. The Morgan fingerprint density at radius 2 is 1.92 bits per heavy atom. The van der Waals surface area contributed by atoms with Gasteiger partial charge in [0.2, 0.25) is 5.91 Å². The third-order valence-electron chi connectivity index (χ3n) is 4.43. The van der Waals surface area contributed by atoms with Crippen LogP contribution in [0, 0.1) is 20.8 Å². The molecule has 0 aromatic carbocycles. The molecule has 0 saturated carbocycles. The van der Waals surface area contributed by atoms with Crippen molar-refractivity contribution < 1.29 is 4.79 Å². The Bertz CT molecular complexity index is 754. The van der Waals surface area contributed by atoms with Crippen LogP contribution >= 0.6 is 11.3 Å². The first kappa shape index (κ1) is 17.0. The molecule has 0 aliphatic heterocycles. The molecule has 6 heteroatoms. The second-order valence-electron chi connectivity index (χ2n) is 6.37. The van der Waals surface area contributed by atoms with Gasteiger partial charge in [-0.05, 0) is 52.0 Å². The lowest BCUT2D eigenvalue weighted by molar-refractivity contribution is -0.120. The van der Waals surface area contributed by atoms with E-state index in [1.807, 2.05) is 13.8 Å². The van der Waals surface area contributed by atoms with E-state index in [0.29, 0.717) is 19.4 Å². The van der Waals surface area contributed by atoms with Crippen molar-refractivity contribution in [2.24, 2.45) is 0 Å². The SMILES string of the molecule is Cc1nc(CC(=O)NCCc2nc(C)c3c(n2)CCCC3)c(C)s1. The van der Waals surface area contributed by atoms with Crippen LogP contribution in [0.25, 0.3) is 0 Å². The van der Waals surface area contributed by atoms with E-state index in [9.17, 15) is 4.79 Å². The summed E-state index contributed by atoms with van der Waals surface area (Å²) in [6.45, 7) is 6.62. The first-order valence-corrected chi connectivity index (χ1v) is 9.39. The molecule has 0 spiro atoms. The molecule has 0 unspecified atom stereocenters. The van der Waals surface area contributed by atoms with Crippen LogP contribution in [-0.4, -0.2) is 27.4 Å². The van der Waals surface area contributed by atoms with Crippen molar-refractivity contribution in [3.63, 3.8) is 0 Å². The lowest BCUT2D eigenvalue weighted by atomic mass is 9.95. The Kier molecular flexibility index (Phi) is 5.23. The monoisotopic (exact) mass is 344 g/mol. The molecule has 0 radical (unpaired) electrons. The van der Waals surface area contributed by atoms with Crippen LogP contribution in [0.4, 0.5) is 0 Å². The van der Waals surface area contributed by atoms with Crippen molar-refractivity contribution >= 4 is 17.2 Å². The van der Waals surface area contributed by atoms with Crippen molar-refractivity contribution in [1.29, 1.82) is 0 Å². The fraction of sp³-hybridized carbons (Fsp3) is 0.556. The molecule has 2 heterocycles. The fourth-order valence-electron chi connectivity index (χ4n) is 3.22. The normalized spacial score (nSPS) is 13.6. The summed E-state index contributed by atoms with van der Waals surface area (Å²) in [4.78, 5) is 26.9. The van der Waals surface area contributed by atoms with Crippen molar-refractivity contribution in [3.05, 3.63) is 38.4 Å². The van der Waals surface area contributed by atoms with Gasteiger partial charge in [0.1, 0.15) is 5.82 Å². The summed E-state index contributed by atoms with van der Waals surface area (Å²) in [6, 6.07) is 0. The van der Waals surface area contributed by atoms with Crippen LogP contribution in [-0.2, 0) is 30.5 Å². The number of aryl methyl sites for hydroxylation is 4. The van der Waals surface area contributed by atoms with Gasteiger partial charge in [-0.2, -0.15) is 0 Å². The molecule has 3 rings (SSSR count). The van der Waals surface area contributed by atoms with E-state index in [2.05, 4.69) is 22.2 Å². The van der Waals surface area contributed by atoms with Gasteiger partial charge < -0.3 is 5.32 Å². The third kappa shape index (κ3) is 3.98. The van der Waals surface area contributed by atoms with Crippen molar-refractivity contribution in [3.8, 4) is 0 Å². The molecular weight excluding hydrogens is 320 g/mol. The molecule has 2 aromatic rings. The number of fused-ring (bicyclic) bond motifs is 1. The summed E-state index contributed by atoms with van der Waals surface area (Å²) in [5.41, 5.74) is 4.54. The van der Waals surface area contributed by atoms with Crippen molar-refractivity contribution in [2.75, 3.05) is 6.54 Å². The van der Waals surface area contributed by atoms with Gasteiger partial charge in [0.15, 0.2) is 0 Å². The standard InChI is InChI=1S/C18H24N4OS/c1-11-14-6-4-5-7-15(14)22-17(20-11)8-9-19-18(23)10-16-12(2)24-13(3)21-16/h4-10H2,1-3H3,(H,19,23). The molecule has 0 saturated heterocycles. The minimum Gasteiger partial charge on any atom is -0.355 e. The maximum Gasteiger partial charge on any atom is 0.226 e. The molecule has 1 N–H and O–H groups in total. The lowest BCUT2D eigenvalue weighted by Crippen LogP contribution is -2.28. The Morgan fingerprint density at radius 1 is 1.12 bits per heavy atom. The number of rotatable bonds is 5. The Hall–Kier alpha value is -1.82. The number of hydrogen-bond donors (Lipinski definition) is 1. The average molecular weight is 344 g/mol. The Labute approximate surface area is 147 Å². The van der Waals surface area contributed by atoms with Gasteiger partial charge in [-0.1, -0.05) is 0 Å². The zero-order valence-electron chi connectivity index (χ0n) is 14.6. The third-order valence-corrected chi connectivity index (χ3v) is 5.36. The molecule has 0 fully saturated rings. The highest BCUT2D eigenvalue weighted by atomic mass is 32.1. The number of thiazole rings is 1. The molecule has 128 valence electrons. The maximum atomic E-state index is 12.1. The summed E-state index contributed by atoms with van der Waals surface area (Å²) in [6.07, 6.45) is 5.63. The zero-order chi connectivity index (χ0) is 17.1. The van der Waals surface area contributed by atoms with E-state index in [4.69, 9.17) is 4.98 Å². The molecule has 1 aliphatic rings. The van der Waals surface area contributed by atoms with Gasteiger partial charge in [-0.15, -0.1) is 11.3 Å². The average Bonchev–Trinajstić information content (AvgIpc) is 2.85. The summed E-state index contributed by atoms with van der Waals surface area (Å²) in [5.74, 6) is 0.854. The van der Waals surface area contributed by atoms with Gasteiger partial charge in [-0.25, -0.2) is 15.0 Å². The summed E-state index contributed by atoms with van der Waals surface area (Å²) in [5, 5.41) is 3.97. The van der Waals surface area contributed by atoms with E-state index in [1.165, 1.54) is 24.1 Å². The highest BCUT2D eigenvalue weighted by molar-refractivity contribution is 7.11. The number of hydrogen-bond acceptors (Lipinski definition) is 5. The molecule has 0 atom stereocenters. The largest absolute Gasteiger partial charge is 0.355 e. The van der Waals surface area contributed by atoms with E-state index in [1.54, 1.807) is 11.3 Å². The van der Waals surface area contributed by atoms with E-state index in [0.717, 1.165) is 39.9 Å². The predicted octanol–water partition coefficient (Wildman–Crippen LogP) is 2.64. The fourth-order valence-corrected chi connectivity index (χ4v) is 4.06. The predicted molar refractivity (Wildman–Crippen MR) is 95.4 cm³/mol. The van der Waals surface area contributed by atoms with Crippen LogP contribution < -0.4 is 5.32 Å². The highest BCUT2D eigenvalue weighted by Gasteiger charge is 2.15. The minimum atomic E-state index is 0.0121. The lowest BCUT2D eigenvalue weighted by Gasteiger charge is -2.17. The first-order chi connectivity index (χ1) is 11.5. The molecule has 1 amide bonds. The highest BCUT2D eigenvalue weighted by Crippen LogP contribution is 2.21. The molecule has 24 heavy (non-hydrogen) atoms. The Balaban J connectivity index is 1.54. The summed E-state index contributed by atoms with van der Waals surface area (Å²) < 4.78 is 0. The number of carbonyl (C=O) groups excluding carboxylic acids is 1. The van der Waals surface area contributed by atoms with Crippen molar-refractivity contribution in [2.45, 2.75) is 59.3 Å². The van der Waals surface area contributed by atoms with Crippen LogP contribution in [0.15, 0.2) is 0 Å². The topological polar surface area (TPSA) is 67.8 Å². The zero-order valence-corrected chi connectivity index (χ0v) is 15.4. The Morgan fingerprint density at radius 3 is 2.67 bits per heavy atom. The van der Waals surface area contributed by atoms with E-state index in [-0.39, 0.29) is 5.91 Å². The van der Waals surface area contributed by atoms with Crippen LogP contribution in [0.5, 0.6) is 0 Å². The maximum absolute atomic E-state index is 12.1. The molecule has 2 aromatic heterocycles. The van der Waals surface area contributed by atoms with Crippen molar-refractivity contribution in [1.82, 2.24) is 20.3 Å². The quantitative estimate of drug-likeness (QED) is 0.905. The molecular formula is C18H24N4OS. The number of carbonyl (C=O) groups is 1. The molecule has 0 bridgehead atoms. The first-order valence-electron chi connectivity index (χ1n) is 8.58. The van der Waals surface area contributed by atoms with E-state index < -0.39 is 0 Å². The van der Waals surface area contributed by atoms with Crippen LogP contribution in [0.1, 0.15) is 51.2 Å². The van der Waals surface area contributed by atoms with Gasteiger partial charge >= 0.3 is 0 Å². The number of amides is 1. The summed E-state index contributed by atoms with van der Waals surface area (Å²) >= 11 is 1.64. The number of nitrogens with zero attached hydrogens (tertiary/aromatic N) is 3. The molecule has 1 aliphatic carbocycles. The van der Waals surface area contributed by atoms with Crippen LogP contribution in [0.2, 0.25) is 0 Å². The van der Waals surface area contributed by atoms with E-state index >= 15 is 0 Å². The van der Waals surface area contributed by atoms with Gasteiger partial charge in [0.05, 0.1) is 17.1 Å². The number of aromatic nitrogens is 3. The van der Waals surface area contributed by atoms with Gasteiger partial charge in [-0.3, -0.25) is 4.79 Å². The van der Waals surface area contributed by atoms with Crippen LogP contribution in [0.3, 0.4) is 0 Å². The van der Waals surface area contributed by atoms with Gasteiger partial charge in [0.25, 0.3) is 0 Å².